The molecule has 0 aliphatic carbocycles. The van der Waals surface area contributed by atoms with Gasteiger partial charge in [-0.05, 0) is 32.9 Å². The predicted octanol–water partition coefficient (Wildman–Crippen LogP) is 2.86. The lowest BCUT2D eigenvalue weighted by Gasteiger charge is -2.36. The van der Waals surface area contributed by atoms with Gasteiger partial charge in [-0.15, -0.1) is 0 Å². The number of hydrogen-bond donors (Lipinski definition) is 0. The van der Waals surface area contributed by atoms with Crippen LogP contribution in [0.4, 0.5) is 0 Å². The van der Waals surface area contributed by atoms with E-state index in [1.807, 2.05) is 32.9 Å². The van der Waals surface area contributed by atoms with Crippen molar-refractivity contribution in [2.75, 3.05) is 19.8 Å². The van der Waals surface area contributed by atoms with Crippen molar-refractivity contribution in [2.24, 2.45) is 0 Å². The van der Waals surface area contributed by atoms with Gasteiger partial charge in [0.05, 0.1) is 23.8 Å². The Morgan fingerprint density at radius 2 is 2.04 bits per heavy atom. The molecule has 2 aliphatic heterocycles. The van der Waals surface area contributed by atoms with Crippen molar-refractivity contribution in [3.63, 3.8) is 0 Å². The maximum Gasteiger partial charge on any atom is 0.267 e. The van der Waals surface area contributed by atoms with Crippen LogP contribution in [0.2, 0.25) is 0 Å². The Bertz CT molecular complexity index is 646. The van der Waals surface area contributed by atoms with Gasteiger partial charge in [-0.25, -0.2) is 0 Å². The molecule has 1 amide bonds. The number of ether oxygens (including phenoxy) is 1. The van der Waals surface area contributed by atoms with Crippen LogP contribution in [0.3, 0.4) is 0 Å². The first-order valence-corrected chi connectivity index (χ1v) is 8.84. The third kappa shape index (κ3) is 3.85. The summed E-state index contributed by atoms with van der Waals surface area (Å²) in [6.07, 6.45) is 2.09. The molecular weight excluding hydrogens is 332 g/mol. The molecular formula is C16H20N2O3S2. The molecule has 0 radical (unpaired) electrons. The molecule has 2 unspecified atom stereocenters. The first-order chi connectivity index (χ1) is 10.9. The Morgan fingerprint density at radius 1 is 1.35 bits per heavy atom. The summed E-state index contributed by atoms with van der Waals surface area (Å²) in [4.78, 5) is 17.1. The van der Waals surface area contributed by atoms with Gasteiger partial charge in [0.2, 0.25) is 0 Å². The molecule has 23 heavy (non-hydrogen) atoms. The number of amides is 1. The number of rotatable bonds is 3. The number of hydrogen-bond acceptors (Lipinski definition) is 6. The molecule has 0 saturated carbocycles. The Labute approximate surface area is 145 Å². The molecule has 2 aliphatic rings. The molecule has 1 aromatic rings. The predicted molar refractivity (Wildman–Crippen MR) is 94.9 cm³/mol. The van der Waals surface area contributed by atoms with Gasteiger partial charge in [-0.2, -0.15) is 0 Å². The second-order valence-electron chi connectivity index (χ2n) is 5.99. The van der Waals surface area contributed by atoms with E-state index in [1.54, 1.807) is 11.0 Å². The fourth-order valence-electron chi connectivity index (χ4n) is 2.88. The summed E-state index contributed by atoms with van der Waals surface area (Å²) in [5, 5.41) is 0. The minimum absolute atomic E-state index is 0.0548. The second-order valence-corrected chi connectivity index (χ2v) is 7.67. The van der Waals surface area contributed by atoms with E-state index in [1.165, 1.54) is 11.8 Å². The highest BCUT2D eigenvalue weighted by atomic mass is 32.2. The van der Waals surface area contributed by atoms with Crippen molar-refractivity contribution in [1.29, 1.82) is 0 Å². The Morgan fingerprint density at radius 3 is 2.65 bits per heavy atom. The van der Waals surface area contributed by atoms with Gasteiger partial charge >= 0.3 is 0 Å². The van der Waals surface area contributed by atoms with E-state index in [0.717, 1.165) is 18.8 Å². The van der Waals surface area contributed by atoms with Gasteiger partial charge in [0.25, 0.3) is 5.91 Å². The lowest BCUT2D eigenvalue weighted by atomic mass is 10.2. The summed E-state index contributed by atoms with van der Waals surface area (Å²) in [6.45, 7) is 8.09. The van der Waals surface area contributed by atoms with E-state index in [-0.39, 0.29) is 18.1 Å². The van der Waals surface area contributed by atoms with Crippen molar-refractivity contribution in [1.82, 2.24) is 9.80 Å². The number of morpholine rings is 1. The van der Waals surface area contributed by atoms with Crippen molar-refractivity contribution in [3.05, 3.63) is 28.6 Å². The molecule has 7 heteroatoms. The zero-order valence-corrected chi connectivity index (χ0v) is 15.1. The number of thiocarbonyl (C=S) groups is 1. The molecule has 2 atom stereocenters. The maximum atomic E-state index is 12.6. The number of aryl methyl sites for hydroxylation is 1. The van der Waals surface area contributed by atoms with Gasteiger partial charge in [-0.3, -0.25) is 14.6 Å². The summed E-state index contributed by atoms with van der Waals surface area (Å²) in [6, 6.07) is 3.73. The molecule has 3 rings (SSSR count). The highest BCUT2D eigenvalue weighted by Gasteiger charge is 2.34. The van der Waals surface area contributed by atoms with E-state index in [9.17, 15) is 4.79 Å². The molecule has 124 valence electrons. The number of carbonyl (C=O) groups is 1. The Kier molecular flexibility index (Phi) is 4.91. The summed E-state index contributed by atoms with van der Waals surface area (Å²) >= 11 is 6.71. The van der Waals surface area contributed by atoms with E-state index in [4.69, 9.17) is 21.4 Å². The first-order valence-electron chi connectivity index (χ1n) is 7.62. The smallest absolute Gasteiger partial charge is 0.267 e. The molecule has 2 fully saturated rings. The van der Waals surface area contributed by atoms with Gasteiger partial charge in [-0.1, -0.05) is 24.0 Å². The summed E-state index contributed by atoms with van der Waals surface area (Å²) in [5.74, 6) is 1.44. The van der Waals surface area contributed by atoms with Gasteiger partial charge in [0.1, 0.15) is 15.8 Å². The molecule has 3 heterocycles. The van der Waals surface area contributed by atoms with Crippen molar-refractivity contribution >= 4 is 40.3 Å². The normalized spacial score (nSPS) is 28.1. The third-order valence-corrected chi connectivity index (χ3v) is 5.12. The molecule has 0 aromatic carbocycles. The van der Waals surface area contributed by atoms with E-state index in [2.05, 4.69) is 4.90 Å². The van der Waals surface area contributed by atoms with Crippen molar-refractivity contribution in [2.45, 2.75) is 33.0 Å². The van der Waals surface area contributed by atoms with Crippen LogP contribution in [0.25, 0.3) is 6.08 Å². The van der Waals surface area contributed by atoms with Gasteiger partial charge in [0, 0.05) is 19.2 Å². The first kappa shape index (κ1) is 16.7. The largest absolute Gasteiger partial charge is 0.462 e. The van der Waals surface area contributed by atoms with Crippen LogP contribution in [0.1, 0.15) is 25.4 Å². The lowest BCUT2D eigenvalue weighted by Crippen LogP contribution is -2.50. The van der Waals surface area contributed by atoms with Gasteiger partial charge in [0.15, 0.2) is 0 Å². The van der Waals surface area contributed by atoms with Crippen LogP contribution < -0.4 is 0 Å². The molecule has 5 nitrogen and oxygen atoms in total. The monoisotopic (exact) mass is 352 g/mol. The topological polar surface area (TPSA) is 45.9 Å². The maximum absolute atomic E-state index is 12.6. The third-order valence-electron chi connectivity index (χ3n) is 3.74. The quantitative estimate of drug-likeness (QED) is 0.616. The minimum atomic E-state index is -0.0548. The average molecular weight is 352 g/mol. The number of nitrogens with zero attached hydrogens (tertiary/aromatic N) is 2. The van der Waals surface area contributed by atoms with E-state index < -0.39 is 0 Å². The summed E-state index contributed by atoms with van der Waals surface area (Å²) in [7, 11) is 0. The van der Waals surface area contributed by atoms with E-state index in [0.29, 0.717) is 21.7 Å². The van der Waals surface area contributed by atoms with Crippen LogP contribution in [0, 0.1) is 6.92 Å². The minimum Gasteiger partial charge on any atom is -0.462 e. The highest BCUT2D eigenvalue weighted by molar-refractivity contribution is 8.26. The van der Waals surface area contributed by atoms with Crippen LogP contribution in [0.5, 0.6) is 0 Å². The van der Waals surface area contributed by atoms with Crippen LogP contribution in [-0.2, 0) is 9.53 Å². The average Bonchev–Trinajstić information content (AvgIpc) is 2.97. The fourth-order valence-corrected chi connectivity index (χ4v) is 4.10. The molecule has 1 aromatic heterocycles. The van der Waals surface area contributed by atoms with Crippen LogP contribution in [-0.4, -0.2) is 52.0 Å². The standard InChI is InChI=1S/C16H20N2O3S2/c1-10-4-5-13(21-10)6-14-15(19)18(16(22)23-14)9-17-7-11(2)20-12(3)8-17/h4-6,11-12H,7-9H2,1-3H3/b14-6+. The number of carbonyl (C=O) groups excluding carboxylic acids is 1. The summed E-state index contributed by atoms with van der Waals surface area (Å²) in [5.41, 5.74) is 0. The lowest BCUT2D eigenvalue weighted by molar-refractivity contribution is -0.126. The van der Waals surface area contributed by atoms with Crippen LogP contribution in [0.15, 0.2) is 21.5 Å². The Hall–Kier alpha value is -1.15. The summed E-state index contributed by atoms with van der Waals surface area (Å²) < 4.78 is 11.8. The zero-order valence-electron chi connectivity index (χ0n) is 13.4. The molecule has 0 N–H and O–H groups in total. The van der Waals surface area contributed by atoms with Crippen molar-refractivity contribution in [3.8, 4) is 0 Å². The zero-order chi connectivity index (χ0) is 16.6. The Balaban J connectivity index is 1.70. The van der Waals surface area contributed by atoms with E-state index >= 15 is 0 Å². The number of furan rings is 1. The molecule has 0 bridgehead atoms. The van der Waals surface area contributed by atoms with Crippen LogP contribution >= 0.6 is 24.0 Å². The second kappa shape index (κ2) is 6.76. The molecule has 0 spiro atoms. The van der Waals surface area contributed by atoms with Crippen molar-refractivity contribution < 1.29 is 13.9 Å². The SMILES string of the molecule is Cc1ccc(/C=C2/SC(=S)N(CN3CC(C)OC(C)C3)C2=O)o1. The van der Waals surface area contributed by atoms with Gasteiger partial charge < -0.3 is 9.15 Å². The highest BCUT2D eigenvalue weighted by Crippen LogP contribution is 2.33. The molecule has 2 saturated heterocycles. The number of thioether (sulfide) groups is 1. The fraction of sp³-hybridized carbons (Fsp3) is 0.500.